The second-order valence-electron chi connectivity index (χ2n) is 7.09. The number of nitrogens with one attached hydrogen (secondary N) is 1. The summed E-state index contributed by atoms with van der Waals surface area (Å²) in [7, 11) is 0. The Morgan fingerprint density at radius 1 is 0.939 bits per heavy atom. The molecule has 164 valence electrons. The van der Waals surface area contributed by atoms with Crippen LogP contribution in [0.25, 0.3) is 10.9 Å². The fraction of sp³-hybridized carbons (Fsp3) is 0.0435. The molecule has 10 heteroatoms. The van der Waals surface area contributed by atoms with Crippen molar-refractivity contribution in [2.45, 2.75) is 6.54 Å². The Labute approximate surface area is 192 Å². The standard InChI is InChI=1S/C23H17ClN5O4/c24-18-9-7-16(8-10-18)21(15-27-13-3-5-17-4-1-2-6-22(17)27)26-25-20-12-11-19(28(30)31)14-23(20)29(32)33/h1-14,25H,15H2/q+1. The minimum Gasteiger partial charge on any atom is -0.271 e. The van der Waals surface area contributed by atoms with E-state index in [1.807, 2.05) is 47.2 Å². The lowest BCUT2D eigenvalue weighted by Gasteiger charge is -2.08. The van der Waals surface area contributed by atoms with E-state index in [-0.39, 0.29) is 11.4 Å². The molecule has 0 aliphatic carbocycles. The fourth-order valence-corrected chi connectivity index (χ4v) is 3.49. The highest BCUT2D eigenvalue weighted by Crippen LogP contribution is 2.29. The predicted molar refractivity (Wildman–Crippen MR) is 126 cm³/mol. The molecule has 0 saturated carbocycles. The molecule has 1 N–H and O–H groups in total. The molecule has 0 amide bonds. The van der Waals surface area contributed by atoms with Gasteiger partial charge in [0.25, 0.3) is 5.69 Å². The van der Waals surface area contributed by atoms with Crippen LogP contribution in [0.3, 0.4) is 0 Å². The number of hydrogen-bond donors (Lipinski definition) is 1. The normalized spacial score (nSPS) is 11.4. The number of benzene rings is 3. The Balaban J connectivity index is 1.75. The number of pyridine rings is 1. The largest absolute Gasteiger partial charge is 0.301 e. The van der Waals surface area contributed by atoms with Gasteiger partial charge in [0.2, 0.25) is 5.52 Å². The number of nitrogens with zero attached hydrogens (tertiary/aromatic N) is 4. The van der Waals surface area contributed by atoms with Crippen molar-refractivity contribution in [3.05, 3.63) is 116 Å². The van der Waals surface area contributed by atoms with Crippen LogP contribution >= 0.6 is 11.6 Å². The van der Waals surface area contributed by atoms with E-state index in [1.54, 1.807) is 24.3 Å². The molecule has 9 nitrogen and oxygen atoms in total. The minimum atomic E-state index is -0.688. The van der Waals surface area contributed by atoms with Crippen LogP contribution in [0, 0.1) is 20.2 Å². The summed E-state index contributed by atoms with van der Waals surface area (Å²) in [5.74, 6) is 0. The second kappa shape index (κ2) is 9.41. The summed E-state index contributed by atoms with van der Waals surface area (Å²) in [4.78, 5) is 21.1. The lowest BCUT2D eigenvalue weighted by molar-refractivity contribution is -0.655. The van der Waals surface area contributed by atoms with Gasteiger partial charge in [-0.05, 0) is 30.3 Å². The molecule has 0 aliphatic heterocycles. The summed E-state index contributed by atoms with van der Waals surface area (Å²) in [5.41, 5.74) is 4.28. The highest BCUT2D eigenvalue weighted by atomic mass is 35.5. The van der Waals surface area contributed by atoms with E-state index < -0.39 is 15.5 Å². The van der Waals surface area contributed by atoms with Gasteiger partial charge in [-0.25, -0.2) is 0 Å². The number of anilines is 1. The minimum absolute atomic E-state index is 0.0417. The SMILES string of the molecule is O=[N+]([O-])c1ccc(NN=C(C[n+]2cccc3ccccc32)c2ccc(Cl)cc2)c([N+](=O)[O-])c1. The maximum atomic E-state index is 11.5. The van der Waals surface area contributed by atoms with Crippen LogP contribution in [0.15, 0.2) is 90.2 Å². The molecular formula is C23H17ClN5O4+. The number of aromatic nitrogens is 1. The first kappa shape index (κ1) is 21.8. The third-order valence-electron chi connectivity index (χ3n) is 4.99. The maximum Gasteiger partial charge on any atom is 0.301 e. The van der Waals surface area contributed by atoms with Crippen molar-refractivity contribution in [1.82, 2.24) is 0 Å². The van der Waals surface area contributed by atoms with Crippen LogP contribution in [0.5, 0.6) is 0 Å². The quantitative estimate of drug-likeness (QED) is 0.177. The molecule has 1 heterocycles. The summed E-state index contributed by atoms with van der Waals surface area (Å²) in [6.07, 6.45) is 1.92. The Hall–Kier alpha value is -4.37. The van der Waals surface area contributed by atoms with Crippen LogP contribution in [0.4, 0.5) is 17.1 Å². The van der Waals surface area contributed by atoms with Crippen molar-refractivity contribution >= 4 is 45.3 Å². The lowest BCUT2D eigenvalue weighted by Crippen LogP contribution is -2.38. The zero-order valence-electron chi connectivity index (χ0n) is 17.1. The first-order valence-corrected chi connectivity index (χ1v) is 10.2. The molecule has 0 spiro atoms. The third kappa shape index (κ3) is 4.94. The highest BCUT2D eigenvalue weighted by molar-refractivity contribution is 6.30. The van der Waals surface area contributed by atoms with E-state index in [4.69, 9.17) is 11.6 Å². The molecule has 0 radical (unpaired) electrons. The maximum absolute atomic E-state index is 11.5. The average Bonchev–Trinajstić information content (AvgIpc) is 2.82. The molecule has 0 saturated heterocycles. The van der Waals surface area contributed by atoms with Crippen molar-refractivity contribution in [2.75, 3.05) is 5.43 Å². The smallest absolute Gasteiger partial charge is 0.271 e. The van der Waals surface area contributed by atoms with Gasteiger partial charge in [0, 0.05) is 34.2 Å². The summed E-state index contributed by atoms with van der Waals surface area (Å²) in [5, 5.41) is 28.5. The Bertz CT molecular complexity index is 1380. The first-order valence-electron chi connectivity index (χ1n) is 9.81. The topological polar surface area (TPSA) is 115 Å². The van der Waals surface area contributed by atoms with Gasteiger partial charge in [-0.3, -0.25) is 25.7 Å². The first-order chi connectivity index (χ1) is 15.9. The summed E-state index contributed by atoms with van der Waals surface area (Å²) < 4.78 is 2.01. The van der Waals surface area contributed by atoms with Gasteiger partial charge in [0.1, 0.15) is 11.4 Å². The van der Waals surface area contributed by atoms with Gasteiger partial charge in [0.15, 0.2) is 12.7 Å². The second-order valence-corrected chi connectivity index (χ2v) is 7.52. The molecule has 33 heavy (non-hydrogen) atoms. The Kier molecular flexibility index (Phi) is 6.23. The molecule has 3 aromatic carbocycles. The summed E-state index contributed by atoms with van der Waals surface area (Å²) in [6, 6.07) is 22.2. The van der Waals surface area contributed by atoms with E-state index in [0.29, 0.717) is 17.3 Å². The number of hydrogen-bond acceptors (Lipinski definition) is 6. The van der Waals surface area contributed by atoms with Crippen molar-refractivity contribution in [1.29, 1.82) is 0 Å². The number of para-hydroxylation sites is 1. The Morgan fingerprint density at radius 3 is 2.39 bits per heavy atom. The van der Waals surface area contributed by atoms with Gasteiger partial charge in [-0.1, -0.05) is 35.9 Å². The van der Waals surface area contributed by atoms with Gasteiger partial charge in [-0.2, -0.15) is 9.67 Å². The van der Waals surface area contributed by atoms with Crippen LogP contribution in [-0.4, -0.2) is 15.6 Å². The van der Waals surface area contributed by atoms with Crippen molar-refractivity contribution in [3.63, 3.8) is 0 Å². The molecule has 0 aliphatic rings. The van der Waals surface area contributed by atoms with Crippen molar-refractivity contribution < 1.29 is 14.4 Å². The molecule has 0 atom stereocenters. The summed E-state index contributed by atoms with van der Waals surface area (Å²) >= 11 is 6.03. The zero-order valence-corrected chi connectivity index (χ0v) is 17.8. The van der Waals surface area contributed by atoms with Gasteiger partial charge in [-0.15, -0.1) is 0 Å². The number of hydrazone groups is 1. The zero-order chi connectivity index (χ0) is 23.4. The van der Waals surface area contributed by atoms with E-state index >= 15 is 0 Å². The monoisotopic (exact) mass is 462 g/mol. The summed E-state index contributed by atoms with van der Waals surface area (Å²) in [6.45, 7) is 0.358. The number of nitro groups is 2. The Morgan fingerprint density at radius 2 is 1.67 bits per heavy atom. The van der Waals surface area contributed by atoms with Gasteiger partial charge < -0.3 is 0 Å². The van der Waals surface area contributed by atoms with Crippen LogP contribution < -0.4 is 9.99 Å². The van der Waals surface area contributed by atoms with E-state index in [1.165, 1.54) is 12.1 Å². The third-order valence-corrected chi connectivity index (χ3v) is 5.24. The van der Waals surface area contributed by atoms with Crippen LogP contribution in [0.2, 0.25) is 5.02 Å². The number of halogens is 1. The average molecular weight is 463 g/mol. The van der Waals surface area contributed by atoms with Gasteiger partial charge in [0.05, 0.1) is 15.9 Å². The fourth-order valence-electron chi connectivity index (χ4n) is 3.36. The number of fused-ring (bicyclic) bond motifs is 1. The van der Waals surface area contributed by atoms with E-state index in [2.05, 4.69) is 10.5 Å². The molecule has 4 rings (SSSR count). The number of non-ortho nitro benzene ring substituents is 1. The molecular weight excluding hydrogens is 446 g/mol. The lowest BCUT2D eigenvalue weighted by atomic mass is 10.1. The molecule has 4 aromatic rings. The van der Waals surface area contributed by atoms with E-state index in [9.17, 15) is 20.2 Å². The molecule has 0 fully saturated rings. The molecule has 0 bridgehead atoms. The molecule has 1 aromatic heterocycles. The van der Waals surface area contributed by atoms with Crippen molar-refractivity contribution in [2.24, 2.45) is 5.10 Å². The van der Waals surface area contributed by atoms with E-state index in [0.717, 1.165) is 22.5 Å². The highest BCUT2D eigenvalue weighted by Gasteiger charge is 2.20. The van der Waals surface area contributed by atoms with Crippen LogP contribution in [0.1, 0.15) is 5.56 Å². The van der Waals surface area contributed by atoms with Crippen LogP contribution in [-0.2, 0) is 6.54 Å². The van der Waals surface area contributed by atoms with Gasteiger partial charge >= 0.3 is 5.69 Å². The number of rotatable bonds is 7. The molecule has 0 unspecified atom stereocenters. The number of nitro benzene ring substituents is 2. The predicted octanol–water partition coefficient (Wildman–Crippen LogP) is 5.11. The van der Waals surface area contributed by atoms with Crippen molar-refractivity contribution in [3.8, 4) is 0 Å².